The fourth-order valence-electron chi connectivity index (χ4n) is 4.97. The van der Waals surface area contributed by atoms with Crippen molar-refractivity contribution in [1.82, 2.24) is 0 Å². The topological polar surface area (TPSA) is 76.7 Å². The Kier molecular flexibility index (Phi) is 14.1. The summed E-state index contributed by atoms with van der Waals surface area (Å²) in [4.78, 5) is 24.1. The Balaban J connectivity index is 1.45. The number of aromatic nitrogens is 1. The van der Waals surface area contributed by atoms with E-state index in [-0.39, 0.29) is 22.8 Å². The predicted octanol–water partition coefficient (Wildman–Crippen LogP) is 9.40. The van der Waals surface area contributed by atoms with Crippen LogP contribution in [0.25, 0.3) is 0 Å². The van der Waals surface area contributed by atoms with Gasteiger partial charge in [0.05, 0.1) is 10.4 Å². The van der Waals surface area contributed by atoms with Gasteiger partial charge in [-0.25, -0.2) is 4.57 Å². The molecule has 1 N–H and O–H groups in total. The molecule has 6 nitrogen and oxygen atoms in total. The smallest absolute Gasteiger partial charge is 0.395 e. The van der Waals surface area contributed by atoms with Gasteiger partial charge in [0.15, 0.2) is 18.5 Å². The SMILES string of the molecule is CCCCCCCCCCCCCCc1ccc(OP(=O)(O)Oc2cccc(C[n+]3csc(C)c3)c2)c(C(C)=O)c1. The highest BCUT2D eigenvalue weighted by atomic mass is 32.1. The molecular formula is C33H47NO5PS+. The van der Waals surface area contributed by atoms with Crippen molar-refractivity contribution in [1.29, 1.82) is 0 Å². The molecule has 0 saturated heterocycles. The number of Topliss-reactive ketones (excluding diaryl/α,β-unsaturated/α-hetero) is 1. The molecule has 0 bridgehead atoms. The summed E-state index contributed by atoms with van der Waals surface area (Å²) >= 11 is 1.65. The lowest BCUT2D eigenvalue weighted by atomic mass is 10.0. The van der Waals surface area contributed by atoms with Gasteiger partial charge in [0.25, 0.3) is 0 Å². The molecule has 3 aromatic rings. The molecule has 0 aliphatic heterocycles. The number of hydrogen-bond acceptors (Lipinski definition) is 5. The van der Waals surface area contributed by atoms with Gasteiger partial charge < -0.3 is 9.05 Å². The summed E-state index contributed by atoms with van der Waals surface area (Å²) in [6, 6.07) is 12.3. The predicted molar refractivity (Wildman–Crippen MR) is 167 cm³/mol. The van der Waals surface area contributed by atoms with E-state index < -0.39 is 7.82 Å². The lowest BCUT2D eigenvalue weighted by Crippen LogP contribution is -2.30. The van der Waals surface area contributed by atoms with E-state index >= 15 is 0 Å². The van der Waals surface area contributed by atoms with Crippen molar-refractivity contribution in [2.24, 2.45) is 0 Å². The highest BCUT2D eigenvalue weighted by Crippen LogP contribution is 2.45. The van der Waals surface area contributed by atoms with Gasteiger partial charge in [-0.2, -0.15) is 4.57 Å². The minimum absolute atomic E-state index is 0.0576. The van der Waals surface area contributed by atoms with Gasteiger partial charge in [0, 0.05) is 5.56 Å². The number of thiazole rings is 1. The zero-order chi connectivity index (χ0) is 29.5. The Morgan fingerprint density at radius 1 is 0.878 bits per heavy atom. The first kappa shape index (κ1) is 33.0. The van der Waals surface area contributed by atoms with Crippen LogP contribution in [0.2, 0.25) is 0 Å². The summed E-state index contributed by atoms with van der Waals surface area (Å²) in [7, 11) is -4.52. The van der Waals surface area contributed by atoms with E-state index in [0.29, 0.717) is 6.54 Å². The third-order valence-electron chi connectivity index (χ3n) is 7.16. The number of hydrogen-bond donors (Lipinski definition) is 1. The van der Waals surface area contributed by atoms with Crippen molar-refractivity contribution in [3.63, 3.8) is 0 Å². The van der Waals surface area contributed by atoms with Crippen molar-refractivity contribution in [2.45, 2.75) is 111 Å². The van der Waals surface area contributed by atoms with E-state index in [9.17, 15) is 14.3 Å². The zero-order valence-corrected chi connectivity index (χ0v) is 26.7. The lowest BCUT2D eigenvalue weighted by molar-refractivity contribution is -0.683. The molecule has 1 heterocycles. The molecule has 0 fully saturated rings. The molecule has 1 unspecified atom stereocenters. The largest absolute Gasteiger partial charge is 0.584 e. The summed E-state index contributed by atoms with van der Waals surface area (Å²) < 4.78 is 25.7. The number of benzene rings is 2. The summed E-state index contributed by atoms with van der Waals surface area (Å²) in [5.41, 5.74) is 4.26. The van der Waals surface area contributed by atoms with Gasteiger partial charge in [-0.1, -0.05) is 107 Å². The van der Waals surface area contributed by atoms with Gasteiger partial charge in [-0.15, -0.1) is 0 Å². The Morgan fingerprint density at radius 2 is 1.54 bits per heavy atom. The van der Waals surface area contributed by atoms with Crippen molar-refractivity contribution >= 4 is 24.9 Å². The van der Waals surface area contributed by atoms with Gasteiger partial charge in [-0.3, -0.25) is 9.69 Å². The molecule has 1 atom stereocenters. The number of phosphoric acid groups is 1. The zero-order valence-electron chi connectivity index (χ0n) is 25.0. The highest BCUT2D eigenvalue weighted by Gasteiger charge is 2.27. The van der Waals surface area contributed by atoms with Gasteiger partial charge in [-0.05, 0) is 56.5 Å². The van der Waals surface area contributed by atoms with Crippen LogP contribution >= 0.6 is 19.2 Å². The Morgan fingerprint density at radius 3 is 2.15 bits per heavy atom. The number of aryl methyl sites for hydroxylation is 2. The van der Waals surface area contributed by atoms with Crippen LogP contribution < -0.4 is 13.6 Å². The number of carbonyl (C=O) groups is 1. The molecule has 0 amide bonds. The van der Waals surface area contributed by atoms with Crippen molar-refractivity contribution < 1.29 is 27.9 Å². The minimum atomic E-state index is -4.52. The molecule has 41 heavy (non-hydrogen) atoms. The number of carbonyl (C=O) groups excluding carboxylic acids is 1. The third kappa shape index (κ3) is 12.5. The maximum absolute atomic E-state index is 12.9. The van der Waals surface area contributed by atoms with Crippen molar-refractivity contribution in [3.05, 3.63) is 75.7 Å². The summed E-state index contributed by atoms with van der Waals surface area (Å²) in [6.07, 6.45) is 18.4. The number of nitrogens with zero attached hydrogens (tertiary/aromatic N) is 1. The van der Waals surface area contributed by atoms with Gasteiger partial charge in [0.2, 0.25) is 5.51 Å². The Hall–Kier alpha value is -2.47. The van der Waals surface area contributed by atoms with Crippen LogP contribution in [0.1, 0.15) is 117 Å². The average Bonchev–Trinajstić information content (AvgIpc) is 3.33. The van der Waals surface area contributed by atoms with E-state index in [1.165, 1.54) is 76.0 Å². The van der Waals surface area contributed by atoms with Crippen LogP contribution in [-0.4, -0.2) is 10.7 Å². The van der Waals surface area contributed by atoms with Crippen LogP contribution in [0.5, 0.6) is 11.5 Å². The molecule has 0 saturated carbocycles. The van der Waals surface area contributed by atoms with Crippen molar-refractivity contribution in [3.8, 4) is 11.5 Å². The van der Waals surface area contributed by atoms with Crippen molar-refractivity contribution in [2.75, 3.05) is 0 Å². The number of unbranched alkanes of at least 4 members (excludes halogenated alkanes) is 11. The van der Waals surface area contributed by atoms with Gasteiger partial charge in [0.1, 0.15) is 11.5 Å². The fraction of sp³-hybridized carbons (Fsp3) is 0.515. The van der Waals surface area contributed by atoms with E-state index in [4.69, 9.17) is 9.05 Å². The second-order valence-corrected chi connectivity index (χ2v) is 13.4. The maximum atomic E-state index is 12.9. The van der Waals surface area contributed by atoms with E-state index in [0.717, 1.165) is 30.4 Å². The molecule has 0 radical (unpaired) electrons. The molecule has 0 spiro atoms. The molecular weight excluding hydrogens is 553 g/mol. The monoisotopic (exact) mass is 600 g/mol. The molecule has 0 aliphatic rings. The lowest BCUT2D eigenvalue weighted by Gasteiger charge is -2.16. The molecule has 3 rings (SSSR count). The minimum Gasteiger partial charge on any atom is -0.395 e. The van der Waals surface area contributed by atoms with Crippen LogP contribution in [0.3, 0.4) is 0 Å². The summed E-state index contributed by atoms with van der Waals surface area (Å²) in [6.45, 7) is 6.35. The first-order valence-corrected chi connectivity index (χ1v) is 17.5. The molecule has 1 aromatic heterocycles. The molecule has 8 heteroatoms. The molecule has 0 aliphatic carbocycles. The number of rotatable bonds is 20. The third-order valence-corrected chi connectivity index (χ3v) is 8.88. The second kappa shape index (κ2) is 17.5. The van der Waals surface area contributed by atoms with E-state index in [1.807, 2.05) is 35.3 Å². The Bertz CT molecular complexity index is 1270. The van der Waals surface area contributed by atoms with Gasteiger partial charge >= 0.3 is 7.82 Å². The van der Waals surface area contributed by atoms with Crippen LogP contribution in [0.15, 0.2) is 54.2 Å². The maximum Gasteiger partial charge on any atom is 0.584 e. The first-order valence-electron chi connectivity index (χ1n) is 15.1. The quantitative estimate of drug-likeness (QED) is 0.0605. The standard InChI is InChI=1S/C33H46NO5PS/c1-4-5-6-7-8-9-10-11-12-13-14-15-17-29-20-21-33(32(23-29)28(3)35)39-40(36,37)38-31-19-16-18-30(22-31)25-34-24-27(2)41-26-34/h16,18-24,26H,4-15,17,25H2,1-3H3/p+1. The number of phosphoric ester groups is 1. The van der Waals surface area contributed by atoms with E-state index in [1.54, 1.807) is 41.7 Å². The molecule has 224 valence electrons. The average molecular weight is 601 g/mol. The van der Waals surface area contributed by atoms with Crippen LogP contribution in [-0.2, 0) is 17.5 Å². The fourth-order valence-corrected chi connectivity index (χ4v) is 6.43. The Labute approximate surface area is 250 Å². The summed E-state index contributed by atoms with van der Waals surface area (Å²) in [5.74, 6) is 0.0673. The highest BCUT2D eigenvalue weighted by molar-refractivity contribution is 7.48. The summed E-state index contributed by atoms with van der Waals surface area (Å²) in [5, 5.41) is 0. The van der Waals surface area contributed by atoms with E-state index in [2.05, 4.69) is 6.92 Å². The first-order chi connectivity index (χ1) is 19.8. The van der Waals surface area contributed by atoms with Crippen LogP contribution in [0.4, 0.5) is 0 Å². The van der Waals surface area contributed by atoms with Crippen LogP contribution in [0, 0.1) is 6.92 Å². The number of ketones is 1. The normalized spacial score (nSPS) is 12.7. The second-order valence-electron chi connectivity index (χ2n) is 11.0. The molecule has 2 aromatic carbocycles.